The Morgan fingerprint density at radius 3 is 2.64 bits per heavy atom. The number of aryl methyl sites for hydroxylation is 1. The molecule has 4 N–H and O–H groups in total. The molecule has 0 aliphatic heterocycles. The van der Waals surface area contributed by atoms with Gasteiger partial charge in [-0.25, -0.2) is 10.5 Å². The number of rotatable bonds is 2. The Morgan fingerprint density at radius 2 is 2.04 bits per heavy atom. The molecular weight excluding hydrogens is 398 g/mol. The van der Waals surface area contributed by atoms with Crippen molar-refractivity contribution in [3.63, 3.8) is 0 Å². The van der Waals surface area contributed by atoms with Gasteiger partial charge in [0.25, 0.3) is 11.5 Å². The number of hydrogen-bond donors (Lipinski definition) is 3. The minimum absolute atomic E-state index is 0.00139. The van der Waals surface area contributed by atoms with Crippen molar-refractivity contribution in [2.45, 2.75) is 33.6 Å². The van der Waals surface area contributed by atoms with Crippen LogP contribution in [-0.2, 0) is 6.42 Å². The van der Waals surface area contributed by atoms with Crippen LogP contribution in [0.1, 0.15) is 56.3 Å². The zero-order chi connectivity index (χ0) is 20.4. The van der Waals surface area contributed by atoms with E-state index in [2.05, 4.69) is 16.6 Å². The summed E-state index contributed by atoms with van der Waals surface area (Å²) in [6.07, 6.45) is 1.02. The number of nitriles is 1. The van der Waals surface area contributed by atoms with Gasteiger partial charge in [0, 0.05) is 6.42 Å². The summed E-state index contributed by atoms with van der Waals surface area (Å²) in [5.41, 5.74) is 3.09. The van der Waals surface area contributed by atoms with Gasteiger partial charge in [-0.15, -0.1) is 22.7 Å². The molecule has 1 amide bonds. The Balaban J connectivity index is 1.94. The van der Waals surface area contributed by atoms with Crippen molar-refractivity contribution < 1.29 is 9.59 Å². The molecule has 1 aliphatic rings. The molecule has 0 bridgehead atoms. The number of nitrogens with zero attached hydrogens (tertiary/aromatic N) is 2. The summed E-state index contributed by atoms with van der Waals surface area (Å²) in [6, 6.07) is 2.18. The number of hydrazine groups is 1. The molecular formula is C18H17N5O3S2. The van der Waals surface area contributed by atoms with Gasteiger partial charge < -0.3 is 0 Å². The van der Waals surface area contributed by atoms with Gasteiger partial charge in [-0.2, -0.15) is 5.26 Å². The fourth-order valence-corrected chi connectivity index (χ4v) is 5.97. The molecule has 144 valence electrons. The SMILES string of the molecule is Cc1c(C(=O)NN)sc2[nH]n(-c3sc4c(c3C#N)CC(C)(C)CC4=O)c(=O)c12. The molecule has 10 heteroatoms. The largest absolute Gasteiger partial charge is 0.293 e. The maximum Gasteiger partial charge on any atom is 0.281 e. The molecule has 3 aromatic rings. The zero-order valence-corrected chi connectivity index (χ0v) is 17.1. The van der Waals surface area contributed by atoms with E-state index in [-0.39, 0.29) is 16.8 Å². The number of aromatic amines is 1. The minimum atomic E-state index is -0.463. The van der Waals surface area contributed by atoms with E-state index in [1.807, 2.05) is 13.8 Å². The molecule has 0 fully saturated rings. The van der Waals surface area contributed by atoms with Gasteiger partial charge in [-0.1, -0.05) is 13.8 Å². The van der Waals surface area contributed by atoms with E-state index in [1.54, 1.807) is 6.92 Å². The van der Waals surface area contributed by atoms with Crippen molar-refractivity contribution in [1.29, 1.82) is 5.26 Å². The van der Waals surface area contributed by atoms with Gasteiger partial charge in [0.15, 0.2) is 5.78 Å². The molecule has 4 rings (SSSR count). The smallest absolute Gasteiger partial charge is 0.281 e. The van der Waals surface area contributed by atoms with Crippen LogP contribution in [0.3, 0.4) is 0 Å². The Labute approximate surface area is 167 Å². The highest BCUT2D eigenvalue weighted by atomic mass is 32.1. The van der Waals surface area contributed by atoms with E-state index in [4.69, 9.17) is 5.84 Å². The lowest BCUT2D eigenvalue weighted by molar-refractivity contribution is 0.0915. The van der Waals surface area contributed by atoms with Gasteiger partial charge in [0.1, 0.15) is 15.9 Å². The van der Waals surface area contributed by atoms with Gasteiger partial charge in [0.2, 0.25) is 0 Å². The normalized spacial score (nSPS) is 15.5. The Morgan fingerprint density at radius 1 is 1.32 bits per heavy atom. The van der Waals surface area contributed by atoms with Crippen molar-refractivity contribution in [2.75, 3.05) is 0 Å². The van der Waals surface area contributed by atoms with Crippen LogP contribution < -0.4 is 16.8 Å². The molecule has 28 heavy (non-hydrogen) atoms. The third-order valence-electron chi connectivity index (χ3n) is 4.97. The zero-order valence-electron chi connectivity index (χ0n) is 15.4. The third kappa shape index (κ3) is 2.55. The fraction of sp³-hybridized carbons (Fsp3) is 0.333. The Kier molecular flexibility index (Phi) is 4.08. The van der Waals surface area contributed by atoms with Crippen LogP contribution in [0, 0.1) is 23.7 Å². The van der Waals surface area contributed by atoms with Crippen molar-refractivity contribution in [1.82, 2.24) is 15.2 Å². The molecule has 0 aromatic carbocycles. The second kappa shape index (κ2) is 6.13. The van der Waals surface area contributed by atoms with Crippen molar-refractivity contribution in [3.8, 4) is 11.1 Å². The van der Waals surface area contributed by atoms with E-state index in [0.29, 0.717) is 54.5 Å². The van der Waals surface area contributed by atoms with Crippen molar-refractivity contribution in [3.05, 3.63) is 36.8 Å². The first kappa shape index (κ1) is 18.6. The molecule has 0 radical (unpaired) electrons. The molecule has 3 heterocycles. The summed E-state index contributed by atoms with van der Waals surface area (Å²) in [5, 5.41) is 13.5. The first-order valence-electron chi connectivity index (χ1n) is 8.53. The second-order valence-electron chi connectivity index (χ2n) is 7.63. The topological polar surface area (TPSA) is 134 Å². The predicted octanol–water partition coefficient (Wildman–Crippen LogP) is 2.38. The molecule has 0 atom stereocenters. The maximum atomic E-state index is 13.1. The number of hydrogen-bond acceptors (Lipinski definition) is 7. The van der Waals surface area contributed by atoms with Crippen LogP contribution in [0.2, 0.25) is 0 Å². The number of fused-ring (bicyclic) bond motifs is 2. The Hall–Kier alpha value is -2.74. The molecule has 3 aromatic heterocycles. The van der Waals surface area contributed by atoms with Gasteiger partial charge in [-0.05, 0) is 29.9 Å². The number of carbonyl (C=O) groups excluding carboxylic acids is 2. The highest BCUT2D eigenvalue weighted by Gasteiger charge is 2.36. The van der Waals surface area contributed by atoms with Gasteiger partial charge >= 0.3 is 0 Å². The van der Waals surface area contributed by atoms with Crippen LogP contribution in [0.5, 0.6) is 0 Å². The van der Waals surface area contributed by atoms with Crippen molar-refractivity contribution >= 4 is 44.6 Å². The van der Waals surface area contributed by atoms with Crippen LogP contribution in [0.25, 0.3) is 15.2 Å². The number of nitrogens with two attached hydrogens (primary N) is 1. The first-order chi connectivity index (χ1) is 13.2. The molecule has 0 unspecified atom stereocenters. The lowest BCUT2D eigenvalue weighted by Crippen LogP contribution is -2.29. The van der Waals surface area contributed by atoms with Crippen LogP contribution >= 0.6 is 22.7 Å². The number of carbonyl (C=O) groups is 2. The number of Topliss-reactive ketones (excluding diaryl/α,β-unsaturated/α-hetero) is 1. The summed E-state index contributed by atoms with van der Waals surface area (Å²) < 4.78 is 1.31. The second-order valence-corrected chi connectivity index (χ2v) is 9.65. The van der Waals surface area contributed by atoms with Crippen LogP contribution in [-0.4, -0.2) is 21.5 Å². The van der Waals surface area contributed by atoms with E-state index >= 15 is 0 Å². The minimum Gasteiger partial charge on any atom is -0.293 e. The number of nitrogens with one attached hydrogen (secondary N) is 2. The number of thiophene rings is 2. The molecule has 0 spiro atoms. The van der Waals surface area contributed by atoms with Crippen LogP contribution in [0.4, 0.5) is 0 Å². The molecule has 0 saturated carbocycles. The summed E-state index contributed by atoms with van der Waals surface area (Å²) in [7, 11) is 0. The average Bonchev–Trinajstić information content (AvgIpc) is 3.25. The summed E-state index contributed by atoms with van der Waals surface area (Å²) in [5.74, 6) is 4.73. The Bertz CT molecular complexity index is 1270. The number of H-pyrrole nitrogens is 1. The first-order valence-corrected chi connectivity index (χ1v) is 10.2. The lowest BCUT2D eigenvalue weighted by Gasteiger charge is -2.28. The van der Waals surface area contributed by atoms with Gasteiger partial charge in [0.05, 0.1) is 20.7 Å². The third-order valence-corrected chi connectivity index (χ3v) is 7.42. The fourth-order valence-electron chi connectivity index (χ4n) is 3.71. The van der Waals surface area contributed by atoms with E-state index < -0.39 is 5.91 Å². The highest BCUT2D eigenvalue weighted by molar-refractivity contribution is 7.20. The maximum absolute atomic E-state index is 13.1. The predicted molar refractivity (Wildman–Crippen MR) is 107 cm³/mol. The number of aromatic nitrogens is 2. The quantitative estimate of drug-likeness (QED) is 0.336. The van der Waals surface area contributed by atoms with Crippen molar-refractivity contribution in [2.24, 2.45) is 11.3 Å². The van der Waals surface area contributed by atoms with Gasteiger partial charge in [-0.3, -0.25) is 24.9 Å². The molecule has 0 saturated heterocycles. The highest BCUT2D eigenvalue weighted by Crippen LogP contribution is 2.42. The van der Waals surface area contributed by atoms with E-state index in [0.717, 1.165) is 11.3 Å². The molecule has 1 aliphatic carbocycles. The standard InChI is InChI=1S/C18H17N5O3S2/c1-7-11-15(27-12(7)14(25)21-20)22-23(16(11)26)17-9(6-19)8-4-18(2,3)5-10(24)13(8)28-17/h22H,4-5,20H2,1-3H3,(H,21,25). The van der Waals surface area contributed by atoms with Crippen LogP contribution in [0.15, 0.2) is 4.79 Å². The summed E-state index contributed by atoms with van der Waals surface area (Å²) in [4.78, 5) is 38.9. The lowest BCUT2D eigenvalue weighted by atomic mass is 9.75. The van der Waals surface area contributed by atoms with E-state index in [9.17, 15) is 19.6 Å². The summed E-state index contributed by atoms with van der Waals surface area (Å²) >= 11 is 2.29. The molecule has 8 nitrogen and oxygen atoms in total. The van der Waals surface area contributed by atoms with E-state index in [1.165, 1.54) is 16.0 Å². The number of amides is 1. The number of nitrogen functional groups attached to an aromatic ring is 1. The average molecular weight is 416 g/mol. The summed E-state index contributed by atoms with van der Waals surface area (Å²) in [6.45, 7) is 5.67. The number of ketones is 1. The monoisotopic (exact) mass is 415 g/mol.